The lowest BCUT2D eigenvalue weighted by Gasteiger charge is -2.13. The van der Waals surface area contributed by atoms with Gasteiger partial charge in [-0.2, -0.15) is 18.3 Å². The first-order chi connectivity index (χ1) is 18.3. The maximum Gasteiger partial charge on any atom is 0.433 e. The molecular formula is C28H21F3N4O3. The molecule has 0 atom stereocenters. The number of hydrogen-bond donors (Lipinski definition) is 1. The number of nitrogens with one attached hydrogen (secondary N) is 1. The zero-order chi connectivity index (χ0) is 26.9. The molecule has 0 saturated heterocycles. The SMILES string of the molecule is COc1ccc(-c2cc(C(F)(F)F)n3ncc(C(=O)Nc4ccc(-c5ccccc5)cc4)c3n2)cc1OC. The van der Waals surface area contributed by atoms with Crippen LogP contribution in [0.1, 0.15) is 16.1 Å². The van der Waals surface area contributed by atoms with E-state index in [1.165, 1.54) is 20.3 Å². The number of halogens is 3. The molecule has 0 aliphatic carbocycles. The van der Waals surface area contributed by atoms with Crippen molar-refractivity contribution in [3.8, 4) is 33.9 Å². The molecule has 0 unspecified atom stereocenters. The predicted octanol–water partition coefficient (Wildman–Crippen LogP) is 6.35. The summed E-state index contributed by atoms with van der Waals surface area (Å²) in [6.45, 7) is 0. The first-order valence-corrected chi connectivity index (χ1v) is 11.4. The van der Waals surface area contributed by atoms with Crippen LogP contribution in [0.15, 0.2) is 85.1 Å². The van der Waals surface area contributed by atoms with Gasteiger partial charge < -0.3 is 14.8 Å². The number of aromatic nitrogens is 3. The molecule has 0 fully saturated rings. The Morgan fingerprint density at radius 1 is 0.842 bits per heavy atom. The summed E-state index contributed by atoms with van der Waals surface area (Å²) in [6, 6.07) is 22.3. The number of amides is 1. The molecule has 1 N–H and O–H groups in total. The van der Waals surface area contributed by atoms with E-state index >= 15 is 0 Å². The number of alkyl halides is 3. The minimum absolute atomic E-state index is 0.00691. The Balaban J connectivity index is 1.52. The van der Waals surface area contributed by atoms with Gasteiger partial charge in [0.25, 0.3) is 5.91 Å². The van der Waals surface area contributed by atoms with Crippen LogP contribution in [0.3, 0.4) is 0 Å². The summed E-state index contributed by atoms with van der Waals surface area (Å²) in [6.07, 6.45) is -3.68. The zero-order valence-electron chi connectivity index (χ0n) is 20.3. The van der Waals surface area contributed by atoms with Crippen LogP contribution in [-0.4, -0.2) is 34.7 Å². The second-order valence-electron chi connectivity index (χ2n) is 8.29. The standard InChI is InChI=1S/C28H21F3N4O3/c1-37-23-13-10-19(14-24(23)38-2)22-15-25(28(29,30)31)35-26(34-22)21(16-32-35)27(36)33-20-11-8-18(9-12-20)17-6-4-3-5-7-17/h3-16H,1-2H3,(H,33,36). The first-order valence-electron chi connectivity index (χ1n) is 11.4. The molecule has 38 heavy (non-hydrogen) atoms. The Kier molecular flexibility index (Phi) is 6.46. The van der Waals surface area contributed by atoms with Gasteiger partial charge in [0.1, 0.15) is 5.56 Å². The average Bonchev–Trinajstić information content (AvgIpc) is 3.36. The van der Waals surface area contributed by atoms with Crippen LogP contribution in [0.25, 0.3) is 28.0 Å². The Morgan fingerprint density at radius 2 is 1.50 bits per heavy atom. The van der Waals surface area contributed by atoms with Crippen LogP contribution < -0.4 is 14.8 Å². The van der Waals surface area contributed by atoms with Crippen molar-refractivity contribution in [1.29, 1.82) is 0 Å². The van der Waals surface area contributed by atoms with E-state index in [1.54, 1.807) is 24.3 Å². The Morgan fingerprint density at radius 3 is 2.16 bits per heavy atom. The van der Waals surface area contributed by atoms with Crippen molar-refractivity contribution in [2.24, 2.45) is 0 Å². The number of methoxy groups -OCH3 is 2. The molecule has 5 rings (SSSR count). The summed E-state index contributed by atoms with van der Waals surface area (Å²) in [4.78, 5) is 17.5. The van der Waals surface area contributed by atoms with Gasteiger partial charge in [0.15, 0.2) is 22.8 Å². The molecule has 0 bridgehead atoms. The highest BCUT2D eigenvalue weighted by Gasteiger charge is 2.36. The highest BCUT2D eigenvalue weighted by molar-refractivity contribution is 6.08. The van der Waals surface area contributed by atoms with Gasteiger partial charge in [-0.25, -0.2) is 9.50 Å². The number of hydrogen-bond acceptors (Lipinski definition) is 5. The van der Waals surface area contributed by atoms with Crippen LogP contribution in [0, 0.1) is 0 Å². The fourth-order valence-corrected chi connectivity index (χ4v) is 4.04. The van der Waals surface area contributed by atoms with Crippen molar-refractivity contribution in [3.05, 3.63) is 96.3 Å². The minimum atomic E-state index is -4.75. The Labute approximate surface area is 215 Å². The lowest BCUT2D eigenvalue weighted by atomic mass is 10.1. The van der Waals surface area contributed by atoms with E-state index in [-0.39, 0.29) is 16.9 Å². The van der Waals surface area contributed by atoms with Gasteiger partial charge in [0.2, 0.25) is 0 Å². The quantitative estimate of drug-likeness (QED) is 0.283. The van der Waals surface area contributed by atoms with E-state index in [0.29, 0.717) is 27.3 Å². The lowest BCUT2D eigenvalue weighted by molar-refractivity contribution is -0.142. The molecule has 0 aliphatic rings. The van der Waals surface area contributed by atoms with Gasteiger partial charge in [-0.05, 0) is 47.5 Å². The molecule has 5 aromatic rings. The molecule has 192 valence electrons. The molecule has 1 amide bonds. The smallest absolute Gasteiger partial charge is 0.433 e. The van der Waals surface area contributed by atoms with Crippen LogP contribution in [0.4, 0.5) is 18.9 Å². The van der Waals surface area contributed by atoms with Crippen molar-refractivity contribution in [3.63, 3.8) is 0 Å². The minimum Gasteiger partial charge on any atom is -0.493 e. The Bertz CT molecular complexity index is 1620. The third kappa shape index (κ3) is 4.75. The molecule has 0 saturated carbocycles. The fourth-order valence-electron chi connectivity index (χ4n) is 4.04. The summed E-state index contributed by atoms with van der Waals surface area (Å²) < 4.78 is 53.0. The number of rotatable bonds is 6. The summed E-state index contributed by atoms with van der Waals surface area (Å²) in [5, 5.41) is 6.54. The van der Waals surface area contributed by atoms with E-state index < -0.39 is 17.8 Å². The number of benzene rings is 3. The molecule has 2 aromatic heterocycles. The topological polar surface area (TPSA) is 77.8 Å². The molecule has 3 aromatic carbocycles. The Hall–Kier alpha value is -4.86. The van der Waals surface area contributed by atoms with Crippen molar-refractivity contribution in [2.45, 2.75) is 6.18 Å². The number of fused-ring (bicyclic) bond motifs is 1. The summed E-state index contributed by atoms with van der Waals surface area (Å²) in [7, 11) is 2.88. The second kappa shape index (κ2) is 9.89. The zero-order valence-corrected chi connectivity index (χ0v) is 20.3. The van der Waals surface area contributed by atoms with Gasteiger partial charge in [0, 0.05) is 11.3 Å². The largest absolute Gasteiger partial charge is 0.493 e. The normalized spacial score (nSPS) is 11.4. The van der Waals surface area contributed by atoms with Crippen molar-refractivity contribution in [1.82, 2.24) is 14.6 Å². The number of anilines is 1. The maximum atomic E-state index is 14.0. The van der Waals surface area contributed by atoms with E-state index in [9.17, 15) is 18.0 Å². The van der Waals surface area contributed by atoms with Gasteiger partial charge in [-0.3, -0.25) is 4.79 Å². The maximum absolute atomic E-state index is 14.0. The molecule has 7 nitrogen and oxygen atoms in total. The van der Waals surface area contributed by atoms with E-state index in [2.05, 4.69) is 15.4 Å². The van der Waals surface area contributed by atoms with Crippen LogP contribution in [-0.2, 0) is 6.18 Å². The van der Waals surface area contributed by atoms with Crippen LogP contribution in [0.2, 0.25) is 0 Å². The number of nitrogens with zero attached hydrogens (tertiary/aromatic N) is 3. The van der Waals surface area contributed by atoms with E-state index in [4.69, 9.17) is 9.47 Å². The molecular weight excluding hydrogens is 497 g/mol. The molecule has 2 heterocycles. The number of carbonyl (C=O) groups excluding carboxylic acids is 1. The molecule has 0 aliphatic heterocycles. The summed E-state index contributed by atoms with van der Waals surface area (Å²) in [5.41, 5.74) is 1.37. The summed E-state index contributed by atoms with van der Waals surface area (Å²) >= 11 is 0. The van der Waals surface area contributed by atoms with Crippen molar-refractivity contribution in [2.75, 3.05) is 19.5 Å². The second-order valence-corrected chi connectivity index (χ2v) is 8.29. The van der Waals surface area contributed by atoms with Crippen LogP contribution >= 0.6 is 0 Å². The fraction of sp³-hybridized carbons (Fsp3) is 0.107. The van der Waals surface area contributed by atoms with Gasteiger partial charge in [0.05, 0.1) is 26.1 Å². The van der Waals surface area contributed by atoms with E-state index in [0.717, 1.165) is 23.4 Å². The highest BCUT2D eigenvalue weighted by Crippen LogP contribution is 2.36. The van der Waals surface area contributed by atoms with E-state index in [1.807, 2.05) is 42.5 Å². The number of carbonyl (C=O) groups is 1. The van der Waals surface area contributed by atoms with Gasteiger partial charge in [-0.1, -0.05) is 42.5 Å². The van der Waals surface area contributed by atoms with Gasteiger partial charge in [-0.15, -0.1) is 0 Å². The third-order valence-corrected chi connectivity index (χ3v) is 5.94. The first kappa shape index (κ1) is 24.8. The summed E-state index contributed by atoms with van der Waals surface area (Å²) in [5.74, 6) is 0.0966. The van der Waals surface area contributed by atoms with Crippen molar-refractivity contribution < 1.29 is 27.4 Å². The molecule has 0 spiro atoms. The van der Waals surface area contributed by atoms with Crippen LogP contribution in [0.5, 0.6) is 11.5 Å². The third-order valence-electron chi connectivity index (χ3n) is 5.94. The average molecular weight is 518 g/mol. The van der Waals surface area contributed by atoms with Gasteiger partial charge >= 0.3 is 6.18 Å². The molecule has 0 radical (unpaired) electrons. The highest BCUT2D eigenvalue weighted by atomic mass is 19.4. The predicted molar refractivity (Wildman–Crippen MR) is 136 cm³/mol. The number of ether oxygens (including phenoxy) is 2. The molecule has 10 heteroatoms. The lowest BCUT2D eigenvalue weighted by Crippen LogP contribution is -2.15. The van der Waals surface area contributed by atoms with Crippen molar-refractivity contribution >= 4 is 17.2 Å². The monoisotopic (exact) mass is 518 g/mol.